The summed E-state index contributed by atoms with van der Waals surface area (Å²) in [4.78, 5) is 6.90. The minimum absolute atomic E-state index is 0.0182. The number of halogens is 2. The van der Waals surface area contributed by atoms with Gasteiger partial charge in [0.2, 0.25) is 0 Å². The Kier molecular flexibility index (Phi) is 5.14. The Balaban J connectivity index is 1.48. The molecule has 0 radical (unpaired) electrons. The molecule has 0 spiro atoms. The van der Waals surface area contributed by atoms with Gasteiger partial charge in [0.05, 0.1) is 17.3 Å². The third kappa shape index (κ3) is 3.90. The molecule has 6 nitrogen and oxygen atoms in total. The average molecular weight is 403 g/mol. The first-order chi connectivity index (χ1) is 13.7. The molecule has 4 rings (SSSR count). The first-order valence-corrected chi connectivity index (χ1v) is 10.0. The summed E-state index contributed by atoms with van der Waals surface area (Å²) in [7, 11) is 0. The zero-order valence-corrected chi connectivity index (χ0v) is 17.3. The van der Waals surface area contributed by atoms with Gasteiger partial charge in [-0.25, -0.2) is 13.8 Å². The number of nitrogens with zero attached hydrogens (tertiary/aromatic N) is 4. The van der Waals surface area contributed by atoms with Crippen LogP contribution in [0.15, 0.2) is 16.8 Å². The highest BCUT2D eigenvalue weighted by molar-refractivity contribution is 5.80. The molecule has 0 bridgehead atoms. The number of rotatable bonds is 4. The zero-order chi connectivity index (χ0) is 20.8. The molecule has 1 aliphatic rings. The first kappa shape index (κ1) is 19.9. The number of fused-ring (bicyclic) bond motifs is 1. The summed E-state index contributed by atoms with van der Waals surface area (Å²) in [6.45, 7) is 10.8. The first-order valence-electron chi connectivity index (χ1n) is 10.0. The van der Waals surface area contributed by atoms with Crippen molar-refractivity contribution in [3.8, 4) is 0 Å². The van der Waals surface area contributed by atoms with Gasteiger partial charge < -0.3 is 4.52 Å². The van der Waals surface area contributed by atoms with Gasteiger partial charge in [0.15, 0.2) is 0 Å². The maximum atomic E-state index is 13.6. The lowest BCUT2D eigenvalue weighted by molar-refractivity contribution is 0.152. The van der Waals surface area contributed by atoms with Crippen molar-refractivity contribution in [3.05, 3.63) is 40.5 Å². The Morgan fingerprint density at radius 1 is 1.28 bits per heavy atom. The third-order valence-electron chi connectivity index (χ3n) is 5.77. The predicted octanol–water partition coefficient (Wildman–Crippen LogP) is 4.87. The van der Waals surface area contributed by atoms with E-state index in [2.05, 4.69) is 46.0 Å². The van der Waals surface area contributed by atoms with E-state index in [1.54, 1.807) is 13.0 Å². The molecule has 0 saturated carbocycles. The number of pyridine rings is 1. The van der Waals surface area contributed by atoms with E-state index in [9.17, 15) is 8.78 Å². The van der Waals surface area contributed by atoms with Gasteiger partial charge in [0.25, 0.3) is 12.1 Å². The molecule has 1 fully saturated rings. The van der Waals surface area contributed by atoms with Crippen LogP contribution in [0.3, 0.4) is 0 Å². The molecular weight excluding hydrogens is 376 g/mol. The van der Waals surface area contributed by atoms with Gasteiger partial charge in [-0.2, -0.15) is 5.10 Å². The molecule has 8 heteroatoms. The fourth-order valence-corrected chi connectivity index (χ4v) is 4.24. The van der Waals surface area contributed by atoms with Gasteiger partial charge in [0, 0.05) is 40.4 Å². The van der Waals surface area contributed by atoms with E-state index in [-0.39, 0.29) is 22.6 Å². The second kappa shape index (κ2) is 7.48. The van der Waals surface area contributed by atoms with Crippen molar-refractivity contribution < 1.29 is 13.3 Å². The van der Waals surface area contributed by atoms with E-state index in [1.165, 1.54) is 5.56 Å². The summed E-state index contributed by atoms with van der Waals surface area (Å²) < 4.78 is 32.4. The number of hydrogen-bond donors (Lipinski definition) is 1. The highest BCUT2D eigenvalue weighted by atomic mass is 19.3. The lowest BCUT2D eigenvalue weighted by Crippen LogP contribution is -2.33. The summed E-state index contributed by atoms with van der Waals surface area (Å²) >= 11 is 0. The number of H-pyrrole nitrogens is 1. The van der Waals surface area contributed by atoms with Crippen LogP contribution in [0.1, 0.15) is 74.2 Å². The topological polar surface area (TPSA) is 70.8 Å². The molecule has 1 N–H and O–H groups in total. The second-order valence-electron chi connectivity index (χ2n) is 8.96. The maximum absolute atomic E-state index is 13.6. The summed E-state index contributed by atoms with van der Waals surface area (Å²) in [6.07, 6.45) is 1.08. The monoisotopic (exact) mass is 403 g/mol. The van der Waals surface area contributed by atoms with E-state index in [4.69, 9.17) is 4.52 Å². The summed E-state index contributed by atoms with van der Waals surface area (Å²) in [5.41, 5.74) is 3.72. The largest absolute Gasteiger partial charge is 0.336 e. The fourth-order valence-electron chi connectivity index (χ4n) is 4.24. The van der Waals surface area contributed by atoms with Crippen LogP contribution in [0.25, 0.3) is 11.1 Å². The third-order valence-corrected chi connectivity index (χ3v) is 5.77. The van der Waals surface area contributed by atoms with Crippen molar-refractivity contribution in [1.29, 1.82) is 0 Å². The van der Waals surface area contributed by atoms with Crippen LogP contribution in [0.4, 0.5) is 8.78 Å². The van der Waals surface area contributed by atoms with Crippen LogP contribution in [0.2, 0.25) is 0 Å². The van der Waals surface area contributed by atoms with Gasteiger partial charge in [-0.3, -0.25) is 10.00 Å². The minimum atomic E-state index is -2.57. The van der Waals surface area contributed by atoms with Gasteiger partial charge in [-0.05, 0) is 38.9 Å². The summed E-state index contributed by atoms with van der Waals surface area (Å²) in [5.74, 6) is 0.144. The molecule has 1 aliphatic heterocycles. The molecule has 0 amide bonds. The van der Waals surface area contributed by atoms with Crippen molar-refractivity contribution in [3.63, 3.8) is 0 Å². The van der Waals surface area contributed by atoms with E-state index in [0.29, 0.717) is 16.8 Å². The number of aromatic amines is 1. The van der Waals surface area contributed by atoms with E-state index in [0.717, 1.165) is 38.2 Å². The molecule has 4 heterocycles. The van der Waals surface area contributed by atoms with E-state index >= 15 is 0 Å². The van der Waals surface area contributed by atoms with Crippen molar-refractivity contribution >= 4 is 11.1 Å². The zero-order valence-electron chi connectivity index (χ0n) is 17.3. The normalized spacial score (nSPS) is 16.9. The number of alkyl halides is 2. The van der Waals surface area contributed by atoms with Crippen molar-refractivity contribution in [1.82, 2.24) is 25.2 Å². The molecule has 0 aromatic carbocycles. The number of aromatic nitrogens is 4. The number of hydrogen-bond acceptors (Lipinski definition) is 5. The Morgan fingerprint density at radius 3 is 2.66 bits per heavy atom. The highest BCUT2D eigenvalue weighted by Gasteiger charge is 2.27. The van der Waals surface area contributed by atoms with Crippen molar-refractivity contribution in [2.75, 3.05) is 13.1 Å². The van der Waals surface area contributed by atoms with Gasteiger partial charge in [-0.15, -0.1) is 0 Å². The van der Waals surface area contributed by atoms with Gasteiger partial charge in [-0.1, -0.05) is 25.9 Å². The van der Waals surface area contributed by atoms with Crippen LogP contribution in [-0.2, 0) is 12.0 Å². The van der Waals surface area contributed by atoms with Crippen LogP contribution in [0, 0.1) is 6.92 Å². The molecule has 156 valence electrons. The van der Waals surface area contributed by atoms with Crippen LogP contribution < -0.4 is 0 Å². The second-order valence-corrected chi connectivity index (χ2v) is 8.96. The molecule has 3 aromatic rings. The quantitative estimate of drug-likeness (QED) is 0.673. The Bertz CT molecular complexity index is 996. The van der Waals surface area contributed by atoms with E-state index in [1.807, 2.05) is 6.20 Å². The molecule has 3 aromatic heterocycles. The lowest BCUT2D eigenvalue weighted by atomic mass is 9.88. The van der Waals surface area contributed by atoms with Gasteiger partial charge >= 0.3 is 0 Å². The number of piperidine rings is 1. The fraction of sp³-hybridized carbons (Fsp3) is 0.571. The molecule has 0 atom stereocenters. The predicted molar refractivity (Wildman–Crippen MR) is 106 cm³/mol. The van der Waals surface area contributed by atoms with Gasteiger partial charge in [0.1, 0.15) is 0 Å². The van der Waals surface area contributed by atoms with Crippen molar-refractivity contribution in [2.24, 2.45) is 0 Å². The number of aryl methyl sites for hydroxylation is 1. The van der Waals surface area contributed by atoms with E-state index < -0.39 is 6.43 Å². The minimum Gasteiger partial charge on any atom is -0.336 e. The molecule has 0 unspecified atom stereocenters. The standard InChI is InChI=1S/C21H27F2N5O/c1-12-17-15(19(22)23)9-16(25-20(17)29-27-12)13-5-7-28(8-6-13)11-14-10-24-26-18(14)21(2,3)4/h9-10,13,19H,5-8,11H2,1-4H3,(H,24,26). The van der Waals surface area contributed by atoms with Crippen LogP contribution in [0.5, 0.6) is 0 Å². The Labute approximate surface area is 168 Å². The van der Waals surface area contributed by atoms with Crippen molar-refractivity contribution in [2.45, 2.75) is 64.8 Å². The molecule has 1 saturated heterocycles. The number of likely N-dealkylation sites (tertiary alicyclic amines) is 1. The molecular formula is C21H27F2N5O. The number of nitrogens with one attached hydrogen (secondary N) is 1. The lowest BCUT2D eigenvalue weighted by Gasteiger charge is -2.32. The SMILES string of the molecule is Cc1noc2nc(C3CCN(Cc4cn[nH]c4C(C)(C)C)CC3)cc(C(F)F)c12. The summed E-state index contributed by atoms with van der Waals surface area (Å²) in [6, 6.07) is 1.55. The maximum Gasteiger partial charge on any atom is 0.264 e. The average Bonchev–Trinajstić information content (AvgIpc) is 3.28. The van der Waals surface area contributed by atoms with Crippen LogP contribution >= 0.6 is 0 Å². The summed E-state index contributed by atoms with van der Waals surface area (Å²) in [5, 5.41) is 11.5. The smallest absolute Gasteiger partial charge is 0.264 e. The Morgan fingerprint density at radius 2 is 2.00 bits per heavy atom. The Hall–Kier alpha value is -2.35. The molecule has 0 aliphatic carbocycles. The van der Waals surface area contributed by atoms with Crippen LogP contribution in [-0.4, -0.2) is 38.3 Å². The molecule has 29 heavy (non-hydrogen) atoms. The highest BCUT2D eigenvalue weighted by Crippen LogP contribution is 2.35.